The summed E-state index contributed by atoms with van der Waals surface area (Å²) in [5.74, 6) is 0.660. The molecule has 0 unspecified atom stereocenters. The predicted octanol–water partition coefficient (Wildman–Crippen LogP) is 2.22. The van der Waals surface area contributed by atoms with E-state index in [9.17, 15) is 9.59 Å². The van der Waals surface area contributed by atoms with Gasteiger partial charge in [0.25, 0.3) is 5.91 Å². The van der Waals surface area contributed by atoms with Gasteiger partial charge in [-0.05, 0) is 49.2 Å². The fraction of sp³-hybridized carbons (Fsp3) is 0.400. The van der Waals surface area contributed by atoms with Gasteiger partial charge in [0.1, 0.15) is 0 Å². The fourth-order valence-electron chi connectivity index (χ4n) is 3.58. The number of rotatable bonds is 5. The Hall–Kier alpha value is -2.96. The molecule has 7 heteroatoms. The first-order valence-electron chi connectivity index (χ1n) is 9.43. The van der Waals surface area contributed by atoms with Crippen LogP contribution in [-0.4, -0.2) is 41.1 Å². The monoisotopic (exact) mass is 365 g/mol. The van der Waals surface area contributed by atoms with Crippen molar-refractivity contribution in [3.63, 3.8) is 0 Å². The average Bonchev–Trinajstić information content (AvgIpc) is 3.15. The van der Waals surface area contributed by atoms with E-state index in [0.29, 0.717) is 30.4 Å². The first kappa shape index (κ1) is 17.5. The number of benzene rings is 1. The lowest BCUT2D eigenvalue weighted by molar-refractivity contribution is -0.120. The van der Waals surface area contributed by atoms with Crippen molar-refractivity contribution < 1.29 is 9.59 Å². The van der Waals surface area contributed by atoms with Crippen LogP contribution in [0.4, 0.5) is 11.5 Å². The molecular weight excluding hydrogens is 342 g/mol. The Labute approximate surface area is 158 Å². The number of carbonyl (C=O) groups is 2. The van der Waals surface area contributed by atoms with Crippen LogP contribution in [-0.2, 0) is 4.79 Å². The van der Waals surface area contributed by atoms with E-state index >= 15 is 0 Å². The van der Waals surface area contributed by atoms with E-state index in [2.05, 4.69) is 20.8 Å². The maximum atomic E-state index is 12.4. The first-order valence-corrected chi connectivity index (χ1v) is 9.43. The lowest BCUT2D eigenvalue weighted by atomic mass is 9.99. The molecule has 0 bridgehead atoms. The summed E-state index contributed by atoms with van der Waals surface area (Å²) < 4.78 is 0. The van der Waals surface area contributed by atoms with Crippen LogP contribution in [0, 0.1) is 5.92 Å². The third kappa shape index (κ3) is 4.07. The molecule has 27 heavy (non-hydrogen) atoms. The minimum atomic E-state index is -0.0719. The lowest BCUT2D eigenvalue weighted by Crippen LogP contribution is -2.52. The third-order valence-electron chi connectivity index (χ3n) is 5.24. The molecule has 2 aliphatic rings. The highest BCUT2D eigenvalue weighted by molar-refractivity contribution is 5.97. The second-order valence-electron chi connectivity index (χ2n) is 7.21. The van der Waals surface area contributed by atoms with Gasteiger partial charge < -0.3 is 15.5 Å². The maximum Gasteiger partial charge on any atom is 0.251 e. The van der Waals surface area contributed by atoms with Crippen molar-refractivity contribution in [3.8, 4) is 0 Å². The minimum Gasteiger partial charge on any atom is -0.353 e. The van der Waals surface area contributed by atoms with Gasteiger partial charge in [-0.3, -0.25) is 9.59 Å². The van der Waals surface area contributed by atoms with Gasteiger partial charge in [0.05, 0.1) is 5.92 Å². The van der Waals surface area contributed by atoms with Gasteiger partial charge in [0.2, 0.25) is 5.91 Å². The molecule has 1 aromatic carbocycles. The van der Waals surface area contributed by atoms with Crippen LogP contribution < -0.4 is 15.5 Å². The van der Waals surface area contributed by atoms with Crippen molar-refractivity contribution in [1.82, 2.24) is 15.5 Å². The molecule has 1 saturated heterocycles. The molecule has 2 fully saturated rings. The number of carbonyl (C=O) groups excluding carboxylic acids is 2. The normalized spacial score (nSPS) is 17.4. The zero-order valence-electron chi connectivity index (χ0n) is 15.1. The number of amides is 2. The van der Waals surface area contributed by atoms with E-state index in [4.69, 9.17) is 0 Å². The molecule has 4 rings (SSSR count). The molecule has 7 nitrogen and oxygen atoms in total. The SMILES string of the molecule is O=C(NC1CCCC1)c1ccc(NC(=O)C2CN(c3cccnn3)C2)cc1. The van der Waals surface area contributed by atoms with E-state index in [1.807, 2.05) is 17.0 Å². The van der Waals surface area contributed by atoms with Crippen molar-refractivity contribution in [3.05, 3.63) is 48.2 Å². The summed E-state index contributed by atoms with van der Waals surface area (Å²) in [6, 6.07) is 11.1. The van der Waals surface area contributed by atoms with Gasteiger partial charge in [0, 0.05) is 36.6 Å². The van der Waals surface area contributed by atoms with Crippen LogP contribution in [0.1, 0.15) is 36.0 Å². The number of nitrogens with zero attached hydrogens (tertiary/aromatic N) is 3. The second kappa shape index (κ2) is 7.73. The Morgan fingerprint density at radius 2 is 1.78 bits per heavy atom. The Bertz CT molecular complexity index is 797. The quantitative estimate of drug-likeness (QED) is 0.848. The zero-order chi connectivity index (χ0) is 18.6. The molecule has 1 aliphatic carbocycles. The predicted molar refractivity (Wildman–Crippen MR) is 103 cm³/mol. The average molecular weight is 365 g/mol. The topological polar surface area (TPSA) is 87.2 Å². The van der Waals surface area contributed by atoms with E-state index in [0.717, 1.165) is 18.7 Å². The number of aromatic nitrogens is 2. The minimum absolute atomic E-state index is 0.0155. The van der Waals surface area contributed by atoms with Crippen LogP contribution in [0.2, 0.25) is 0 Å². The number of nitrogens with one attached hydrogen (secondary N) is 2. The summed E-state index contributed by atoms with van der Waals surface area (Å²) in [6.07, 6.45) is 6.13. The standard InChI is InChI=1S/C20H23N5O2/c26-19(22-16-4-1-2-5-16)14-7-9-17(10-8-14)23-20(27)15-12-25(13-15)18-6-3-11-21-24-18/h3,6-11,15-16H,1-2,4-5,12-13H2,(H,22,26)(H,23,27). The summed E-state index contributed by atoms with van der Waals surface area (Å²) in [5, 5.41) is 13.9. The van der Waals surface area contributed by atoms with Crippen molar-refractivity contribution in [2.24, 2.45) is 5.92 Å². The Kier molecular flexibility index (Phi) is 5.00. The van der Waals surface area contributed by atoms with Gasteiger partial charge in [-0.1, -0.05) is 12.8 Å². The summed E-state index contributed by atoms with van der Waals surface area (Å²) in [6.45, 7) is 1.26. The second-order valence-corrected chi connectivity index (χ2v) is 7.21. The first-order chi connectivity index (χ1) is 13.2. The highest BCUT2D eigenvalue weighted by Crippen LogP contribution is 2.23. The van der Waals surface area contributed by atoms with E-state index < -0.39 is 0 Å². The Balaban J connectivity index is 1.27. The molecule has 0 atom stereocenters. The molecule has 2 heterocycles. The Morgan fingerprint density at radius 1 is 1.04 bits per heavy atom. The van der Waals surface area contributed by atoms with Gasteiger partial charge in [-0.15, -0.1) is 5.10 Å². The van der Waals surface area contributed by atoms with Gasteiger partial charge in [-0.2, -0.15) is 5.10 Å². The van der Waals surface area contributed by atoms with Crippen LogP contribution in [0.5, 0.6) is 0 Å². The van der Waals surface area contributed by atoms with Crippen LogP contribution in [0.25, 0.3) is 0 Å². The van der Waals surface area contributed by atoms with Gasteiger partial charge in [0.15, 0.2) is 5.82 Å². The lowest BCUT2D eigenvalue weighted by Gasteiger charge is -2.38. The molecule has 0 spiro atoms. The van der Waals surface area contributed by atoms with Crippen molar-refractivity contribution in [2.75, 3.05) is 23.3 Å². The fourth-order valence-corrected chi connectivity index (χ4v) is 3.58. The molecule has 0 radical (unpaired) electrons. The molecule has 1 aliphatic heterocycles. The molecule has 140 valence electrons. The number of hydrogen-bond acceptors (Lipinski definition) is 5. The third-order valence-corrected chi connectivity index (χ3v) is 5.24. The molecule has 2 N–H and O–H groups in total. The van der Waals surface area contributed by atoms with Crippen LogP contribution in [0.15, 0.2) is 42.6 Å². The molecule has 1 saturated carbocycles. The summed E-state index contributed by atoms with van der Waals surface area (Å²) in [4.78, 5) is 26.6. The molecule has 2 aromatic rings. The molecule has 1 aromatic heterocycles. The van der Waals surface area contributed by atoms with Crippen LogP contribution >= 0.6 is 0 Å². The summed E-state index contributed by atoms with van der Waals surface area (Å²) in [7, 11) is 0. The molecule has 2 amide bonds. The maximum absolute atomic E-state index is 12.4. The van der Waals surface area contributed by atoms with Crippen molar-refractivity contribution in [1.29, 1.82) is 0 Å². The number of anilines is 2. The highest BCUT2D eigenvalue weighted by Gasteiger charge is 2.33. The Morgan fingerprint density at radius 3 is 2.44 bits per heavy atom. The largest absolute Gasteiger partial charge is 0.353 e. The van der Waals surface area contributed by atoms with Crippen molar-refractivity contribution in [2.45, 2.75) is 31.7 Å². The van der Waals surface area contributed by atoms with Crippen LogP contribution in [0.3, 0.4) is 0 Å². The summed E-state index contributed by atoms with van der Waals surface area (Å²) >= 11 is 0. The molecular formula is C20H23N5O2. The van der Waals surface area contributed by atoms with Gasteiger partial charge >= 0.3 is 0 Å². The van der Waals surface area contributed by atoms with E-state index in [1.165, 1.54) is 12.8 Å². The zero-order valence-corrected chi connectivity index (χ0v) is 15.1. The van der Waals surface area contributed by atoms with Crippen molar-refractivity contribution >= 4 is 23.3 Å². The smallest absolute Gasteiger partial charge is 0.251 e. The highest BCUT2D eigenvalue weighted by atomic mass is 16.2. The van der Waals surface area contributed by atoms with E-state index in [-0.39, 0.29) is 17.7 Å². The van der Waals surface area contributed by atoms with Gasteiger partial charge in [-0.25, -0.2) is 0 Å². The summed E-state index contributed by atoms with van der Waals surface area (Å²) in [5.41, 5.74) is 1.33. The van der Waals surface area contributed by atoms with E-state index in [1.54, 1.807) is 30.5 Å². The number of hydrogen-bond donors (Lipinski definition) is 2.